The molecule has 0 aliphatic carbocycles. The third kappa shape index (κ3) is 6.15. The molecule has 3 aromatic rings. The van der Waals surface area contributed by atoms with Gasteiger partial charge in [0.2, 0.25) is 0 Å². The van der Waals surface area contributed by atoms with Crippen molar-refractivity contribution in [3.63, 3.8) is 0 Å². The van der Waals surface area contributed by atoms with Crippen LogP contribution in [0.4, 0.5) is 0 Å². The van der Waals surface area contributed by atoms with E-state index in [1.165, 1.54) is 5.56 Å². The average Bonchev–Trinajstić information content (AvgIpc) is 2.71. The van der Waals surface area contributed by atoms with E-state index in [4.69, 9.17) is 9.84 Å². The highest BCUT2D eigenvalue weighted by molar-refractivity contribution is 5.69. The summed E-state index contributed by atoms with van der Waals surface area (Å²) < 4.78 is 5.85. The van der Waals surface area contributed by atoms with E-state index >= 15 is 0 Å². The maximum Gasteiger partial charge on any atom is 0.303 e. The molecule has 0 bridgehead atoms. The largest absolute Gasteiger partial charge is 0.489 e. The highest BCUT2D eigenvalue weighted by atomic mass is 16.5. The number of aliphatic carboxylic acids is 1. The fraction of sp³-hybridized carbons (Fsp3) is 0.125. The number of ether oxygens (including phenoxy) is 1. The topological polar surface area (TPSA) is 46.5 Å². The quantitative estimate of drug-likeness (QED) is 0.544. The fourth-order valence-corrected chi connectivity index (χ4v) is 2.71. The van der Waals surface area contributed by atoms with Gasteiger partial charge in [-0.05, 0) is 46.9 Å². The Morgan fingerprint density at radius 3 is 2.26 bits per heavy atom. The summed E-state index contributed by atoms with van der Waals surface area (Å²) in [4.78, 5) is 10.6. The monoisotopic (exact) mass is 358 g/mol. The highest BCUT2D eigenvalue weighted by Crippen LogP contribution is 2.16. The predicted octanol–water partition coefficient (Wildman–Crippen LogP) is 5.45. The molecular weight excluding hydrogens is 336 g/mol. The van der Waals surface area contributed by atoms with Crippen molar-refractivity contribution < 1.29 is 14.6 Å². The van der Waals surface area contributed by atoms with Crippen LogP contribution in [0.1, 0.15) is 28.7 Å². The summed E-state index contributed by atoms with van der Waals surface area (Å²) in [6.07, 6.45) is 4.86. The number of hydrogen-bond donors (Lipinski definition) is 1. The maximum atomic E-state index is 10.6. The second-order valence-corrected chi connectivity index (χ2v) is 6.32. The van der Waals surface area contributed by atoms with Crippen molar-refractivity contribution >= 4 is 18.1 Å². The van der Waals surface area contributed by atoms with Crippen LogP contribution in [0.2, 0.25) is 0 Å². The van der Waals surface area contributed by atoms with Crippen molar-refractivity contribution in [1.82, 2.24) is 0 Å². The lowest BCUT2D eigenvalue weighted by atomic mass is 10.1. The third-order valence-electron chi connectivity index (χ3n) is 4.18. The zero-order valence-corrected chi connectivity index (χ0v) is 15.0. The van der Waals surface area contributed by atoms with Gasteiger partial charge in [0.05, 0.1) is 0 Å². The van der Waals surface area contributed by atoms with Gasteiger partial charge in [0.15, 0.2) is 0 Å². The standard InChI is InChI=1S/C24H22O3/c25-24(26)16-13-20-11-14-23(15-12-20)27-18-22-8-4-7-21(17-22)10-9-19-5-2-1-3-6-19/h1-12,14-15,17H,13,16,18H2,(H,25,26)/b10-9+. The van der Waals surface area contributed by atoms with E-state index in [0.29, 0.717) is 13.0 Å². The number of hydrogen-bond acceptors (Lipinski definition) is 2. The molecule has 136 valence electrons. The van der Waals surface area contributed by atoms with Crippen LogP contribution >= 0.6 is 0 Å². The van der Waals surface area contributed by atoms with Gasteiger partial charge in [-0.2, -0.15) is 0 Å². The second kappa shape index (κ2) is 9.39. The van der Waals surface area contributed by atoms with Gasteiger partial charge in [0.1, 0.15) is 12.4 Å². The molecular formula is C24H22O3. The maximum absolute atomic E-state index is 10.6. The van der Waals surface area contributed by atoms with Gasteiger partial charge in [-0.1, -0.05) is 72.8 Å². The van der Waals surface area contributed by atoms with E-state index in [2.05, 4.69) is 36.4 Å². The lowest BCUT2D eigenvalue weighted by molar-refractivity contribution is -0.136. The lowest BCUT2D eigenvalue weighted by Crippen LogP contribution is -1.98. The van der Waals surface area contributed by atoms with Gasteiger partial charge in [-0.15, -0.1) is 0 Å². The molecule has 0 radical (unpaired) electrons. The molecule has 3 aromatic carbocycles. The van der Waals surface area contributed by atoms with E-state index in [-0.39, 0.29) is 6.42 Å². The van der Waals surface area contributed by atoms with E-state index in [1.54, 1.807) is 0 Å². The van der Waals surface area contributed by atoms with Crippen LogP contribution in [0.5, 0.6) is 5.75 Å². The molecule has 1 N–H and O–H groups in total. The molecule has 0 aliphatic heterocycles. The van der Waals surface area contributed by atoms with Crippen LogP contribution in [0, 0.1) is 0 Å². The minimum atomic E-state index is -0.781. The zero-order chi connectivity index (χ0) is 18.9. The fourth-order valence-electron chi connectivity index (χ4n) is 2.71. The summed E-state index contributed by atoms with van der Waals surface area (Å²) in [7, 11) is 0. The molecule has 3 heteroatoms. The van der Waals surface area contributed by atoms with E-state index in [9.17, 15) is 4.79 Å². The molecule has 0 amide bonds. The van der Waals surface area contributed by atoms with Gasteiger partial charge in [-0.3, -0.25) is 4.79 Å². The third-order valence-corrected chi connectivity index (χ3v) is 4.18. The normalized spacial score (nSPS) is 10.8. The van der Waals surface area contributed by atoms with Crippen LogP contribution < -0.4 is 4.74 Å². The van der Waals surface area contributed by atoms with Crippen LogP contribution in [0.3, 0.4) is 0 Å². The van der Waals surface area contributed by atoms with Crippen LogP contribution in [-0.2, 0) is 17.8 Å². The smallest absolute Gasteiger partial charge is 0.303 e. The van der Waals surface area contributed by atoms with E-state index in [0.717, 1.165) is 22.4 Å². The van der Waals surface area contributed by atoms with Gasteiger partial charge < -0.3 is 9.84 Å². The van der Waals surface area contributed by atoms with E-state index < -0.39 is 5.97 Å². The molecule has 0 atom stereocenters. The summed E-state index contributed by atoms with van der Waals surface area (Å²) in [5.74, 6) is -0.00386. The Morgan fingerprint density at radius 2 is 1.52 bits per heavy atom. The number of carboxylic acids is 1. The number of rotatable bonds is 8. The molecule has 3 nitrogen and oxygen atoms in total. The number of carboxylic acid groups (broad SMARTS) is 1. The summed E-state index contributed by atoms with van der Waals surface area (Å²) >= 11 is 0. The van der Waals surface area contributed by atoms with Crippen LogP contribution in [0.15, 0.2) is 78.9 Å². The van der Waals surface area contributed by atoms with Crippen LogP contribution in [0.25, 0.3) is 12.2 Å². The van der Waals surface area contributed by atoms with Crippen molar-refractivity contribution in [2.45, 2.75) is 19.4 Å². The zero-order valence-electron chi connectivity index (χ0n) is 15.0. The Balaban J connectivity index is 1.56. The van der Waals surface area contributed by atoms with Crippen molar-refractivity contribution in [2.24, 2.45) is 0 Å². The van der Waals surface area contributed by atoms with Crippen molar-refractivity contribution in [3.05, 3.63) is 101 Å². The van der Waals surface area contributed by atoms with Crippen LogP contribution in [-0.4, -0.2) is 11.1 Å². The number of benzene rings is 3. The molecule has 27 heavy (non-hydrogen) atoms. The van der Waals surface area contributed by atoms with Gasteiger partial charge >= 0.3 is 5.97 Å². The Labute approximate surface area is 159 Å². The predicted molar refractivity (Wildman–Crippen MR) is 109 cm³/mol. The lowest BCUT2D eigenvalue weighted by Gasteiger charge is -2.08. The van der Waals surface area contributed by atoms with Crippen molar-refractivity contribution in [1.29, 1.82) is 0 Å². The van der Waals surface area contributed by atoms with Gasteiger partial charge in [-0.25, -0.2) is 0 Å². The van der Waals surface area contributed by atoms with Gasteiger partial charge in [0, 0.05) is 6.42 Å². The molecule has 0 spiro atoms. The summed E-state index contributed by atoms with van der Waals surface area (Å²) in [5.41, 5.74) is 4.39. The SMILES string of the molecule is O=C(O)CCc1ccc(OCc2cccc(/C=C/c3ccccc3)c2)cc1. The van der Waals surface area contributed by atoms with Crippen molar-refractivity contribution in [2.75, 3.05) is 0 Å². The molecule has 0 heterocycles. The summed E-state index contributed by atoms with van der Waals surface area (Å²) in [6, 6.07) is 26.1. The Morgan fingerprint density at radius 1 is 0.815 bits per heavy atom. The number of carbonyl (C=O) groups is 1. The summed E-state index contributed by atoms with van der Waals surface area (Å²) in [5, 5.41) is 8.74. The molecule has 0 unspecified atom stereocenters. The average molecular weight is 358 g/mol. The molecule has 0 aliphatic rings. The molecule has 3 rings (SSSR count). The first-order valence-electron chi connectivity index (χ1n) is 8.95. The van der Waals surface area contributed by atoms with Gasteiger partial charge in [0.25, 0.3) is 0 Å². The highest BCUT2D eigenvalue weighted by Gasteiger charge is 2.01. The molecule has 0 saturated heterocycles. The molecule has 0 saturated carbocycles. The first-order valence-corrected chi connectivity index (χ1v) is 8.95. The molecule has 0 fully saturated rings. The molecule has 0 aromatic heterocycles. The first kappa shape index (κ1) is 18.5. The Bertz CT molecular complexity index is 896. The first-order chi connectivity index (χ1) is 13.2. The summed E-state index contributed by atoms with van der Waals surface area (Å²) in [6.45, 7) is 0.488. The second-order valence-electron chi connectivity index (χ2n) is 6.32. The Hall–Kier alpha value is -3.33. The minimum absolute atomic E-state index is 0.142. The Kier molecular flexibility index (Phi) is 6.42. The number of aryl methyl sites for hydroxylation is 1. The minimum Gasteiger partial charge on any atom is -0.489 e. The van der Waals surface area contributed by atoms with Crippen molar-refractivity contribution in [3.8, 4) is 5.75 Å². The van der Waals surface area contributed by atoms with E-state index in [1.807, 2.05) is 54.6 Å².